The number of rotatable bonds is 8. The van der Waals surface area contributed by atoms with Crippen molar-refractivity contribution in [2.45, 2.75) is 19.9 Å². The van der Waals surface area contributed by atoms with Gasteiger partial charge in [0.25, 0.3) is 0 Å². The number of alkyl halides is 1. The topological polar surface area (TPSA) is 56.1 Å². The van der Waals surface area contributed by atoms with Crippen LogP contribution in [-0.2, 0) is 11.3 Å². The number of ether oxygens (including phenoxy) is 1. The van der Waals surface area contributed by atoms with Gasteiger partial charge in [-0.25, -0.2) is 4.98 Å². The third kappa shape index (κ3) is 5.20. The van der Waals surface area contributed by atoms with Crippen LogP contribution >= 0.6 is 15.9 Å². The van der Waals surface area contributed by atoms with Gasteiger partial charge in [0, 0.05) is 18.3 Å². The second-order valence-corrected chi connectivity index (χ2v) is 6.76. The molecule has 0 radical (unpaired) electrons. The Balaban J connectivity index is 1.54. The number of aryl methyl sites for hydroxylation is 2. The Labute approximate surface area is 167 Å². The van der Waals surface area contributed by atoms with Crippen molar-refractivity contribution < 1.29 is 9.53 Å². The van der Waals surface area contributed by atoms with Crippen LogP contribution in [0.4, 0.5) is 5.69 Å². The molecule has 0 spiro atoms. The standard InChI is InChI=1S/C21H22BrN3O2/c1-16-7-5-10-19(21(16)24-20(26)13-22)27-12-6-11-25-14-18(23-15-25)17-8-3-2-4-9-17/h2-5,7-10,14-15H,6,11-13H2,1H3,(H,24,26). The molecule has 6 heteroatoms. The van der Waals surface area contributed by atoms with Gasteiger partial charge in [0.2, 0.25) is 5.91 Å². The van der Waals surface area contributed by atoms with Crippen molar-refractivity contribution in [1.82, 2.24) is 9.55 Å². The van der Waals surface area contributed by atoms with Crippen molar-refractivity contribution in [1.29, 1.82) is 0 Å². The highest BCUT2D eigenvalue weighted by Crippen LogP contribution is 2.28. The number of anilines is 1. The minimum atomic E-state index is -0.0963. The molecule has 0 atom stereocenters. The summed E-state index contributed by atoms with van der Waals surface area (Å²) in [6.07, 6.45) is 4.73. The van der Waals surface area contributed by atoms with E-state index in [1.807, 2.05) is 55.8 Å². The minimum absolute atomic E-state index is 0.0963. The van der Waals surface area contributed by atoms with Gasteiger partial charge in [0.05, 0.1) is 29.6 Å². The first kappa shape index (κ1) is 19.2. The van der Waals surface area contributed by atoms with Crippen molar-refractivity contribution in [2.24, 2.45) is 0 Å². The molecule has 140 valence electrons. The number of hydrogen-bond donors (Lipinski definition) is 1. The van der Waals surface area contributed by atoms with E-state index in [1.54, 1.807) is 0 Å². The molecule has 1 aromatic heterocycles. The molecule has 0 saturated heterocycles. The van der Waals surface area contributed by atoms with Crippen LogP contribution in [0, 0.1) is 6.92 Å². The number of benzene rings is 2. The average Bonchev–Trinajstić information content (AvgIpc) is 3.17. The highest BCUT2D eigenvalue weighted by Gasteiger charge is 2.10. The predicted molar refractivity (Wildman–Crippen MR) is 111 cm³/mol. The van der Waals surface area contributed by atoms with Crippen molar-refractivity contribution in [2.75, 3.05) is 17.3 Å². The Morgan fingerprint density at radius 1 is 1.19 bits per heavy atom. The predicted octanol–water partition coefficient (Wildman–Crippen LogP) is 4.66. The average molecular weight is 428 g/mol. The zero-order valence-electron chi connectivity index (χ0n) is 15.2. The van der Waals surface area contributed by atoms with E-state index in [0.29, 0.717) is 12.4 Å². The lowest BCUT2D eigenvalue weighted by Crippen LogP contribution is -2.14. The van der Waals surface area contributed by atoms with E-state index < -0.39 is 0 Å². The molecule has 1 heterocycles. The fourth-order valence-corrected chi connectivity index (χ4v) is 2.90. The number of amides is 1. The zero-order chi connectivity index (χ0) is 19.1. The van der Waals surface area contributed by atoms with Gasteiger partial charge in [0.1, 0.15) is 5.75 Å². The van der Waals surface area contributed by atoms with Crippen molar-refractivity contribution in [3.05, 3.63) is 66.6 Å². The first-order chi connectivity index (χ1) is 13.2. The van der Waals surface area contributed by atoms with Gasteiger partial charge in [-0.2, -0.15) is 0 Å². The molecule has 0 aliphatic carbocycles. The number of nitrogens with zero attached hydrogens (tertiary/aromatic N) is 2. The first-order valence-corrected chi connectivity index (χ1v) is 9.95. The van der Waals surface area contributed by atoms with Crippen LogP contribution in [0.15, 0.2) is 61.1 Å². The van der Waals surface area contributed by atoms with Crippen LogP contribution in [-0.4, -0.2) is 27.4 Å². The Bertz CT molecular complexity index is 893. The number of hydrogen-bond acceptors (Lipinski definition) is 3. The van der Waals surface area contributed by atoms with Crippen LogP contribution in [0.1, 0.15) is 12.0 Å². The summed E-state index contributed by atoms with van der Waals surface area (Å²) in [5, 5.41) is 3.14. The third-order valence-electron chi connectivity index (χ3n) is 4.14. The Kier molecular flexibility index (Phi) is 6.65. The van der Waals surface area contributed by atoms with E-state index >= 15 is 0 Å². The van der Waals surface area contributed by atoms with Crippen LogP contribution in [0.3, 0.4) is 0 Å². The molecule has 1 N–H and O–H groups in total. The summed E-state index contributed by atoms with van der Waals surface area (Å²) >= 11 is 3.17. The molecule has 2 aromatic carbocycles. The highest BCUT2D eigenvalue weighted by molar-refractivity contribution is 9.09. The first-order valence-electron chi connectivity index (χ1n) is 8.83. The normalized spacial score (nSPS) is 10.6. The van der Waals surface area contributed by atoms with Crippen LogP contribution < -0.4 is 10.1 Å². The molecule has 5 nitrogen and oxygen atoms in total. The van der Waals surface area contributed by atoms with E-state index in [-0.39, 0.29) is 11.2 Å². The van der Waals surface area contributed by atoms with Crippen molar-refractivity contribution >= 4 is 27.5 Å². The van der Waals surface area contributed by atoms with E-state index in [9.17, 15) is 4.79 Å². The summed E-state index contributed by atoms with van der Waals surface area (Å²) in [6.45, 7) is 3.32. The van der Waals surface area contributed by atoms with E-state index in [1.165, 1.54) is 0 Å². The fourth-order valence-electron chi connectivity index (χ4n) is 2.76. The van der Waals surface area contributed by atoms with Crippen molar-refractivity contribution in [3.63, 3.8) is 0 Å². The molecule has 0 aliphatic rings. The fraction of sp³-hybridized carbons (Fsp3) is 0.238. The maximum Gasteiger partial charge on any atom is 0.235 e. The van der Waals surface area contributed by atoms with Crippen LogP contribution in [0.25, 0.3) is 11.3 Å². The molecule has 0 fully saturated rings. The number of imidazole rings is 1. The molecule has 0 bridgehead atoms. The molecule has 0 unspecified atom stereocenters. The molecular formula is C21H22BrN3O2. The molecule has 3 aromatic rings. The number of nitrogens with one attached hydrogen (secondary N) is 1. The SMILES string of the molecule is Cc1cccc(OCCCn2cnc(-c3ccccc3)c2)c1NC(=O)CBr. The molecule has 0 aliphatic heterocycles. The molecule has 3 rings (SSSR count). The molecular weight excluding hydrogens is 406 g/mol. The van der Waals surface area contributed by atoms with E-state index in [4.69, 9.17) is 4.74 Å². The third-order valence-corrected chi connectivity index (χ3v) is 4.65. The zero-order valence-corrected chi connectivity index (χ0v) is 16.8. The minimum Gasteiger partial charge on any atom is -0.491 e. The maximum atomic E-state index is 11.7. The number of para-hydroxylation sites is 1. The summed E-state index contributed by atoms with van der Waals surface area (Å²) in [5.74, 6) is 0.598. The van der Waals surface area contributed by atoms with Gasteiger partial charge in [0.15, 0.2) is 0 Å². The Morgan fingerprint density at radius 2 is 2.00 bits per heavy atom. The lowest BCUT2D eigenvalue weighted by Gasteiger charge is -2.14. The van der Waals surface area contributed by atoms with Gasteiger partial charge in [-0.05, 0) is 25.0 Å². The molecule has 0 saturated carbocycles. The van der Waals surface area contributed by atoms with Gasteiger partial charge in [-0.1, -0.05) is 58.4 Å². The summed E-state index contributed by atoms with van der Waals surface area (Å²) in [6, 6.07) is 15.9. The number of carbonyl (C=O) groups is 1. The molecule has 1 amide bonds. The summed E-state index contributed by atoms with van der Waals surface area (Å²) < 4.78 is 7.98. The van der Waals surface area contributed by atoms with Crippen molar-refractivity contribution in [3.8, 4) is 17.0 Å². The number of carbonyl (C=O) groups excluding carboxylic acids is 1. The lowest BCUT2D eigenvalue weighted by atomic mass is 10.2. The largest absolute Gasteiger partial charge is 0.491 e. The monoisotopic (exact) mass is 427 g/mol. The summed E-state index contributed by atoms with van der Waals surface area (Å²) in [5.41, 5.74) is 3.79. The second kappa shape index (κ2) is 9.37. The smallest absolute Gasteiger partial charge is 0.235 e. The van der Waals surface area contributed by atoms with E-state index in [0.717, 1.165) is 35.5 Å². The quantitative estimate of drug-likeness (QED) is 0.420. The van der Waals surface area contributed by atoms with Crippen LogP contribution in [0.5, 0.6) is 5.75 Å². The van der Waals surface area contributed by atoms with Crippen LogP contribution in [0.2, 0.25) is 0 Å². The van der Waals surface area contributed by atoms with E-state index in [2.05, 4.69) is 42.9 Å². The Hall–Kier alpha value is -2.60. The van der Waals surface area contributed by atoms with Gasteiger partial charge >= 0.3 is 0 Å². The number of aromatic nitrogens is 2. The summed E-state index contributed by atoms with van der Waals surface area (Å²) in [7, 11) is 0. The van der Waals surface area contributed by atoms with Gasteiger partial charge < -0.3 is 14.6 Å². The van der Waals surface area contributed by atoms with Gasteiger partial charge in [-0.15, -0.1) is 0 Å². The lowest BCUT2D eigenvalue weighted by molar-refractivity contribution is -0.113. The maximum absolute atomic E-state index is 11.7. The Morgan fingerprint density at radius 3 is 2.78 bits per heavy atom. The summed E-state index contributed by atoms with van der Waals surface area (Å²) in [4.78, 5) is 16.2. The van der Waals surface area contributed by atoms with Gasteiger partial charge in [-0.3, -0.25) is 4.79 Å². The number of halogens is 1. The highest BCUT2D eigenvalue weighted by atomic mass is 79.9. The second-order valence-electron chi connectivity index (χ2n) is 6.19. The molecule has 27 heavy (non-hydrogen) atoms.